The smallest absolute Gasteiger partial charge is 0.123 e. The van der Waals surface area contributed by atoms with E-state index < -0.39 is 0 Å². The van der Waals surface area contributed by atoms with Crippen molar-refractivity contribution in [3.63, 3.8) is 0 Å². The molecule has 100 valence electrons. The second-order valence-electron chi connectivity index (χ2n) is 4.69. The summed E-state index contributed by atoms with van der Waals surface area (Å²) in [6.45, 7) is 2.88. The highest BCUT2D eigenvalue weighted by atomic mass is 32.1. The Morgan fingerprint density at radius 1 is 1.37 bits per heavy atom. The van der Waals surface area contributed by atoms with Gasteiger partial charge in [-0.1, -0.05) is 0 Å². The largest absolute Gasteiger partial charge is 0.489 e. The SMILES string of the molecule is Fc1ccc(OC2CCN(Cc3cncs3)C2)cc1. The number of rotatable bonds is 4. The Labute approximate surface area is 115 Å². The van der Waals surface area contributed by atoms with Gasteiger partial charge in [0.05, 0.1) is 5.51 Å². The van der Waals surface area contributed by atoms with E-state index in [0.29, 0.717) is 0 Å². The van der Waals surface area contributed by atoms with Gasteiger partial charge in [-0.25, -0.2) is 4.39 Å². The van der Waals surface area contributed by atoms with Crippen LogP contribution in [0.15, 0.2) is 36.0 Å². The van der Waals surface area contributed by atoms with Crippen molar-refractivity contribution in [1.29, 1.82) is 0 Å². The van der Waals surface area contributed by atoms with E-state index in [2.05, 4.69) is 9.88 Å². The van der Waals surface area contributed by atoms with Gasteiger partial charge in [0.25, 0.3) is 0 Å². The van der Waals surface area contributed by atoms with E-state index >= 15 is 0 Å². The summed E-state index contributed by atoms with van der Waals surface area (Å²) in [5.41, 5.74) is 1.86. The Hall–Kier alpha value is -1.46. The summed E-state index contributed by atoms with van der Waals surface area (Å²) >= 11 is 1.68. The summed E-state index contributed by atoms with van der Waals surface area (Å²) in [5.74, 6) is 0.511. The third-order valence-corrected chi connectivity index (χ3v) is 3.97. The molecular weight excluding hydrogens is 263 g/mol. The summed E-state index contributed by atoms with van der Waals surface area (Å²) in [6, 6.07) is 6.22. The number of likely N-dealkylation sites (tertiary alicyclic amines) is 1. The van der Waals surface area contributed by atoms with Crippen LogP contribution in [-0.4, -0.2) is 29.1 Å². The molecule has 0 N–H and O–H groups in total. The van der Waals surface area contributed by atoms with Crippen molar-refractivity contribution in [2.75, 3.05) is 13.1 Å². The molecule has 1 aliphatic heterocycles. The van der Waals surface area contributed by atoms with Crippen molar-refractivity contribution < 1.29 is 9.13 Å². The Kier molecular flexibility index (Phi) is 3.75. The highest BCUT2D eigenvalue weighted by molar-refractivity contribution is 7.09. The number of hydrogen-bond acceptors (Lipinski definition) is 4. The highest BCUT2D eigenvalue weighted by Gasteiger charge is 2.24. The van der Waals surface area contributed by atoms with Gasteiger partial charge in [0.2, 0.25) is 0 Å². The number of nitrogens with zero attached hydrogens (tertiary/aromatic N) is 2. The minimum Gasteiger partial charge on any atom is -0.489 e. The minimum atomic E-state index is -0.231. The lowest BCUT2D eigenvalue weighted by atomic mass is 10.3. The molecule has 2 aromatic rings. The summed E-state index contributed by atoms with van der Waals surface area (Å²) in [5, 5.41) is 0. The zero-order chi connectivity index (χ0) is 13.1. The summed E-state index contributed by atoms with van der Waals surface area (Å²) in [4.78, 5) is 7.73. The fraction of sp³-hybridized carbons (Fsp3) is 0.357. The fourth-order valence-corrected chi connectivity index (χ4v) is 2.92. The Balaban J connectivity index is 1.53. The van der Waals surface area contributed by atoms with Crippen LogP contribution < -0.4 is 4.74 Å². The number of aromatic nitrogens is 1. The molecule has 1 fully saturated rings. The van der Waals surface area contributed by atoms with Crippen LogP contribution in [0.5, 0.6) is 5.75 Å². The van der Waals surface area contributed by atoms with Gasteiger partial charge in [-0.2, -0.15) is 0 Å². The number of benzene rings is 1. The fourth-order valence-electron chi connectivity index (χ4n) is 2.28. The minimum absolute atomic E-state index is 0.193. The van der Waals surface area contributed by atoms with E-state index in [4.69, 9.17) is 4.74 Å². The van der Waals surface area contributed by atoms with Gasteiger partial charge in [-0.3, -0.25) is 9.88 Å². The second-order valence-corrected chi connectivity index (χ2v) is 5.66. The van der Waals surface area contributed by atoms with Gasteiger partial charge in [0.15, 0.2) is 0 Å². The molecule has 1 aromatic carbocycles. The Morgan fingerprint density at radius 2 is 2.21 bits per heavy atom. The molecule has 0 spiro atoms. The first kappa shape index (κ1) is 12.6. The number of hydrogen-bond donors (Lipinski definition) is 0. The summed E-state index contributed by atoms with van der Waals surface area (Å²) < 4.78 is 18.7. The lowest BCUT2D eigenvalue weighted by Gasteiger charge is -2.16. The maximum atomic E-state index is 12.8. The Morgan fingerprint density at radius 3 is 2.95 bits per heavy atom. The first-order valence-electron chi connectivity index (χ1n) is 6.31. The van der Waals surface area contributed by atoms with Crippen LogP contribution in [0, 0.1) is 5.82 Å². The van der Waals surface area contributed by atoms with Gasteiger partial charge in [-0.05, 0) is 30.7 Å². The third kappa shape index (κ3) is 3.30. The molecule has 0 bridgehead atoms. The van der Waals surface area contributed by atoms with E-state index in [1.165, 1.54) is 17.0 Å². The molecule has 19 heavy (non-hydrogen) atoms. The predicted molar refractivity (Wildman–Crippen MR) is 72.8 cm³/mol. The molecule has 0 amide bonds. The predicted octanol–water partition coefficient (Wildman–Crippen LogP) is 2.94. The van der Waals surface area contributed by atoms with Gasteiger partial charge in [0, 0.05) is 30.7 Å². The van der Waals surface area contributed by atoms with Gasteiger partial charge in [0.1, 0.15) is 17.7 Å². The van der Waals surface area contributed by atoms with E-state index in [1.54, 1.807) is 23.5 Å². The quantitative estimate of drug-likeness (QED) is 0.860. The molecular formula is C14H15FN2OS. The molecule has 5 heteroatoms. The van der Waals surface area contributed by atoms with Crippen LogP contribution in [0.4, 0.5) is 4.39 Å². The zero-order valence-corrected chi connectivity index (χ0v) is 11.3. The lowest BCUT2D eigenvalue weighted by molar-refractivity contribution is 0.198. The summed E-state index contributed by atoms with van der Waals surface area (Å²) in [7, 11) is 0. The van der Waals surface area contributed by atoms with E-state index in [0.717, 1.165) is 31.8 Å². The maximum absolute atomic E-state index is 12.8. The molecule has 0 saturated carbocycles. The van der Waals surface area contributed by atoms with Gasteiger partial charge >= 0.3 is 0 Å². The maximum Gasteiger partial charge on any atom is 0.123 e. The average molecular weight is 278 g/mol. The monoisotopic (exact) mass is 278 g/mol. The first-order valence-corrected chi connectivity index (χ1v) is 7.19. The molecule has 1 saturated heterocycles. The molecule has 3 nitrogen and oxygen atoms in total. The van der Waals surface area contributed by atoms with Crippen molar-refractivity contribution in [1.82, 2.24) is 9.88 Å². The van der Waals surface area contributed by atoms with Crippen LogP contribution in [-0.2, 0) is 6.54 Å². The van der Waals surface area contributed by atoms with Crippen molar-refractivity contribution in [2.24, 2.45) is 0 Å². The molecule has 1 aromatic heterocycles. The zero-order valence-electron chi connectivity index (χ0n) is 10.5. The standard InChI is InChI=1S/C14H15FN2OS/c15-11-1-3-12(4-2-11)18-13-5-6-17(8-13)9-14-7-16-10-19-14/h1-4,7,10,13H,5-6,8-9H2. The molecule has 2 heterocycles. The van der Waals surface area contributed by atoms with E-state index in [9.17, 15) is 4.39 Å². The van der Waals surface area contributed by atoms with Crippen molar-refractivity contribution in [3.8, 4) is 5.75 Å². The molecule has 1 aliphatic rings. The number of ether oxygens (including phenoxy) is 1. The van der Waals surface area contributed by atoms with E-state index in [-0.39, 0.29) is 11.9 Å². The number of thiazole rings is 1. The van der Waals surface area contributed by atoms with Crippen LogP contribution in [0.25, 0.3) is 0 Å². The van der Waals surface area contributed by atoms with Crippen molar-refractivity contribution >= 4 is 11.3 Å². The third-order valence-electron chi connectivity index (χ3n) is 3.21. The van der Waals surface area contributed by atoms with Gasteiger partial charge in [-0.15, -0.1) is 11.3 Å². The number of halogens is 1. The van der Waals surface area contributed by atoms with Gasteiger partial charge < -0.3 is 4.74 Å². The average Bonchev–Trinajstić information content (AvgIpc) is 3.05. The van der Waals surface area contributed by atoms with Crippen LogP contribution >= 0.6 is 11.3 Å². The Bertz CT molecular complexity index is 515. The molecule has 0 aliphatic carbocycles. The van der Waals surface area contributed by atoms with Crippen molar-refractivity contribution in [2.45, 2.75) is 19.1 Å². The molecule has 3 rings (SSSR count). The van der Waals surface area contributed by atoms with Crippen LogP contribution in [0.2, 0.25) is 0 Å². The molecule has 0 radical (unpaired) electrons. The van der Waals surface area contributed by atoms with Crippen LogP contribution in [0.1, 0.15) is 11.3 Å². The van der Waals surface area contributed by atoms with Crippen molar-refractivity contribution in [3.05, 3.63) is 46.7 Å². The van der Waals surface area contributed by atoms with Crippen LogP contribution in [0.3, 0.4) is 0 Å². The topological polar surface area (TPSA) is 25.4 Å². The molecule has 1 unspecified atom stereocenters. The first-order chi connectivity index (χ1) is 9.29. The summed E-state index contributed by atoms with van der Waals surface area (Å²) in [6.07, 6.45) is 3.12. The normalized spacial score (nSPS) is 19.7. The van der Waals surface area contributed by atoms with E-state index in [1.807, 2.05) is 11.7 Å². The second kappa shape index (κ2) is 5.67. The molecule has 1 atom stereocenters. The lowest BCUT2D eigenvalue weighted by Crippen LogP contribution is -2.24. The highest BCUT2D eigenvalue weighted by Crippen LogP contribution is 2.20.